The van der Waals surface area contributed by atoms with Gasteiger partial charge in [-0.25, -0.2) is 8.78 Å². The third-order valence-electron chi connectivity index (χ3n) is 5.15. The van der Waals surface area contributed by atoms with Crippen molar-refractivity contribution in [3.63, 3.8) is 0 Å². The van der Waals surface area contributed by atoms with Gasteiger partial charge in [0.1, 0.15) is 5.00 Å². The number of carbonyl (C=O) groups is 2. The van der Waals surface area contributed by atoms with E-state index in [1.807, 2.05) is 0 Å². The van der Waals surface area contributed by atoms with Crippen LogP contribution in [0.2, 0.25) is 0 Å². The van der Waals surface area contributed by atoms with Crippen LogP contribution < -0.4 is 11.1 Å². The highest BCUT2D eigenvalue weighted by atomic mass is 32.1. The van der Waals surface area contributed by atoms with Gasteiger partial charge in [0, 0.05) is 4.88 Å². The maximum atomic E-state index is 14.1. The maximum absolute atomic E-state index is 14.1. The molecule has 0 fully saturated rings. The van der Waals surface area contributed by atoms with E-state index in [9.17, 15) is 62.3 Å². The van der Waals surface area contributed by atoms with Crippen LogP contribution in [0.1, 0.15) is 34.1 Å². The van der Waals surface area contributed by atoms with Crippen LogP contribution in [0.5, 0.6) is 0 Å². The summed E-state index contributed by atoms with van der Waals surface area (Å²) in [6, 6.07) is 0. The first-order chi connectivity index (χ1) is 15.1. The first-order valence-corrected chi connectivity index (χ1v) is 9.89. The summed E-state index contributed by atoms with van der Waals surface area (Å²) in [6.45, 7) is 1.75. The van der Waals surface area contributed by atoms with Crippen molar-refractivity contribution in [1.29, 1.82) is 0 Å². The summed E-state index contributed by atoms with van der Waals surface area (Å²) in [7, 11) is 0. The molecule has 1 aromatic rings. The molecule has 2 rings (SSSR count). The minimum atomic E-state index is -7.84. The monoisotopic (exact) mass is 538 g/mol. The average Bonchev–Trinajstić information content (AvgIpc) is 3.03. The van der Waals surface area contributed by atoms with Crippen LogP contribution in [-0.2, 0) is 17.6 Å². The number of anilines is 1. The Kier molecular flexibility index (Phi) is 6.99. The summed E-state index contributed by atoms with van der Waals surface area (Å²) < 4.78 is 160. The number of rotatable bonds is 8. The van der Waals surface area contributed by atoms with Gasteiger partial charge in [-0.05, 0) is 30.7 Å². The molecular weight excluding hydrogens is 524 g/mol. The fraction of sp³-hybridized carbons (Fsp3) is 0.647. The van der Waals surface area contributed by atoms with Gasteiger partial charge in [0.2, 0.25) is 0 Å². The highest BCUT2D eigenvalue weighted by Crippen LogP contribution is 2.58. The van der Waals surface area contributed by atoms with Gasteiger partial charge in [-0.3, -0.25) is 9.59 Å². The lowest BCUT2D eigenvalue weighted by atomic mass is 9.88. The minimum absolute atomic E-state index is 0.00127. The zero-order valence-electron chi connectivity index (χ0n) is 16.6. The first-order valence-electron chi connectivity index (χ1n) is 9.07. The Labute approximate surface area is 186 Å². The molecule has 1 unspecified atom stereocenters. The zero-order chi connectivity index (χ0) is 26.7. The molecule has 1 aromatic heterocycles. The standard InChI is InChI=1S/C17H14F12N2O2S/c1-5-2-3-6-7(4-5)34-10(8(6)9(30)32)31-12(33)14(22,23)16(26,27)17(28,29)15(24,25)13(20,21)11(18)19/h5,11H,2-4H2,1H3,(H2,30,32)(H,31,33). The van der Waals surface area contributed by atoms with Crippen molar-refractivity contribution in [2.45, 2.75) is 62.2 Å². The van der Waals surface area contributed by atoms with E-state index in [1.54, 1.807) is 6.92 Å². The van der Waals surface area contributed by atoms with E-state index in [-0.39, 0.29) is 24.3 Å². The Morgan fingerprint density at radius 2 is 1.50 bits per heavy atom. The van der Waals surface area contributed by atoms with E-state index in [0.29, 0.717) is 22.6 Å². The molecule has 0 spiro atoms. The molecule has 1 aliphatic rings. The molecule has 0 saturated carbocycles. The highest BCUT2D eigenvalue weighted by molar-refractivity contribution is 7.17. The smallest absolute Gasteiger partial charge is 0.365 e. The van der Waals surface area contributed by atoms with Crippen molar-refractivity contribution in [3.05, 3.63) is 16.0 Å². The number of amides is 2. The van der Waals surface area contributed by atoms with Gasteiger partial charge in [0.25, 0.3) is 5.91 Å². The fourth-order valence-electron chi connectivity index (χ4n) is 3.16. The van der Waals surface area contributed by atoms with E-state index in [1.165, 1.54) is 0 Å². The van der Waals surface area contributed by atoms with Crippen molar-refractivity contribution in [2.24, 2.45) is 11.7 Å². The number of nitrogens with one attached hydrogen (secondary N) is 1. The molecule has 4 nitrogen and oxygen atoms in total. The van der Waals surface area contributed by atoms with Crippen molar-refractivity contribution in [1.82, 2.24) is 0 Å². The minimum Gasteiger partial charge on any atom is -0.365 e. The van der Waals surface area contributed by atoms with Crippen LogP contribution >= 0.6 is 11.3 Å². The Bertz CT molecular complexity index is 976. The lowest BCUT2D eigenvalue weighted by Crippen LogP contribution is -2.70. The third kappa shape index (κ3) is 3.98. The molecule has 0 aliphatic heterocycles. The highest BCUT2D eigenvalue weighted by Gasteiger charge is 2.89. The second-order valence-corrected chi connectivity index (χ2v) is 8.70. The van der Waals surface area contributed by atoms with Gasteiger partial charge in [0.15, 0.2) is 0 Å². The predicted molar refractivity (Wildman–Crippen MR) is 93.4 cm³/mol. The van der Waals surface area contributed by atoms with E-state index in [0.717, 1.165) is 5.32 Å². The number of nitrogens with two attached hydrogens (primary N) is 1. The third-order valence-corrected chi connectivity index (χ3v) is 6.32. The number of carbonyl (C=O) groups excluding carboxylic acids is 2. The summed E-state index contributed by atoms with van der Waals surface area (Å²) in [5.41, 5.74) is 4.65. The second-order valence-electron chi connectivity index (χ2n) is 7.60. The second kappa shape index (κ2) is 8.48. The lowest BCUT2D eigenvalue weighted by Gasteiger charge is -2.38. The number of fused-ring (bicyclic) bond motifs is 1. The molecule has 1 atom stereocenters. The van der Waals surface area contributed by atoms with Crippen LogP contribution in [0.3, 0.4) is 0 Å². The fourth-order valence-corrected chi connectivity index (χ4v) is 4.58. The van der Waals surface area contributed by atoms with Gasteiger partial charge in [-0.15, -0.1) is 11.3 Å². The molecular formula is C17H14F12N2O2S. The summed E-state index contributed by atoms with van der Waals surface area (Å²) >= 11 is 0.404. The van der Waals surface area contributed by atoms with Crippen LogP contribution in [0.15, 0.2) is 0 Å². The van der Waals surface area contributed by atoms with E-state index < -0.39 is 58.4 Å². The van der Waals surface area contributed by atoms with Gasteiger partial charge >= 0.3 is 41.9 Å². The first kappa shape index (κ1) is 28.0. The zero-order valence-corrected chi connectivity index (χ0v) is 17.4. The molecule has 194 valence electrons. The van der Waals surface area contributed by atoms with Gasteiger partial charge in [0.05, 0.1) is 5.56 Å². The van der Waals surface area contributed by atoms with E-state index in [4.69, 9.17) is 5.73 Å². The average molecular weight is 538 g/mol. The number of thiophene rings is 1. The maximum Gasteiger partial charge on any atom is 0.393 e. The molecule has 0 aromatic carbocycles. The Balaban J connectivity index is 2.48. The number of halogens is 12. The van der Waals surface area contributed by atoms with Gasteiger partial charge in [-0.2, -0.15) is 43.9 Å². The molecule has 2 amide bonds. The normalized spacial score (nSPS) is 18.1. The molecule has 3 N–H and O–H groups in total. The van der Waals surface area contributed by atoms with Crippen molar-refractivity contribution < 1.29 is 62.3 Å². The Morgan fingerprint density at radius 1 is 0.971 bits per heavy atom. The molecule has 0 radical (unpaired) electrons. The van der Waals surface area contributed by atoms with Crippen molar-refractivity contribution >= 4 is 28.2 Å². The molecule has 0 bridgehead atoms. The molecule has 0 saturated heterocycles. The predicted octanol–water partition coefficient (Wildman–Crippen LogP) is 5.35. The van der Waals surface area contributed by atoms with Crippen LogP contribution in [0.25, 0.3) is 0 Å². The topological polar surface area (TPSA) is 72.2 Å². The molecule has 34 heavy (non-hydrogen) atoms. The van der Waals surface area contributed by atoms with Gasteiger partial charge in [-0.1, -0.05) is 6.92 Å². The number of alkyl halides is 12. The SMILES string of the molecule is CC1CCc2c(sc(NC(=O)C(F)(F)C(F)(F)C(F)(F)C(F)(F)C(F)(F)C(F)F)c2C(N)=O)C1. The van der Waals surface area contributed by atoms with Crippen molar-refractivity contribution in [3.8, 4) is 0 Å². The van der Waals surface area contributed by atoms with Crippen LogP contribution in [-0.4, -0.2) is 47.9 Å². The largest absolute Gasteiger partial charge is 0.393 e. The quantitative estimate of drug-likeness (QED) is 0.438. The summed E-state index contributed by atoms with van der Waals surface area (Å²) in [6.07, 6.45) is -4.81. The number of primary amides is 1. The van der Waals surface area contributed by atoms with E-state index in [2.05, 4.69) is 0 Å². The van der Waals surface area contributed by atoms with E-state index >= 15 is 0 Å². The number of hydrogen-bond donors (Lipinski definition) is 2. The van der Waals surface area contributed by atoms with Gasteiger partial charge < -0.3 is 11.1 Å². The summed E-state index contributed by atoms with van der Waals surface area (Å²) in [4.78, 5) is 23.8. The Hall–Kier alpha value is -2.20. The molecule has 17 heteroatoms. The summed E-state index contributed by atoms with van der Waals surface area (Å²) in [5.74, 6) is -41.9. The van der Waals surface area contributed by atoms with Crippen molar-refractivity contribution in [2.75, 3.05) is 5.32 Å². The molecule has 1 aliphatic carbocycles. The Morgan fingerprint density at radius 3 is 1.97 bits per heavy atom. The lowest BCUT2D eigenvalue weighted by molar-refractivity contribution is -0.406. The van der Waals surface area contributed by atoms with Crippen LogP contribution in [0.4, 0.5) is 57.7 Å². The summed E-state index contributed by atoms with van der Waals surface area (Å²) in [5, 5.41) is 0.141. The number of hydrogen-bond acceptors (Lipinski definition) is 3. The molecule has 1 heterocycles. The van der Waals surface area contributed by atoms with Crippen LogP contribution in [0, 0.1) is 5.92 Å².